The zero-order valence-corrected chi connectivity index (χ0v) is 30.4. The lowest BCUT2D eigenvalue weighted by molar-refractivity contribution is -0.136. The number of hydrogen-bond donors (Lipinski definition) is 2. The Balaban J connectivity index is 0.893. The Morgan fingerprint density at radius 3 is 1.81 bits per heavy atom. The van der Waals surface area contributed by atoms with E-state index in [2.05, 4.69) is 10.6 Å². The number of nitrogens with zero attached hydrogens (tertiary/aromatic N) is 1. The minimum absolute atomic E-state index is 0.0264. The van der Waals surface area contributed by atoms with Gasteiger partial charge in [0.05, 0.1) is 95.1 Å². The van der Waals surface area contributed by atoms with Gasteiger partial charge >= 0.3 is 5.97 Å². The normalized spacial score (nSPS) is 15.3. The highest BCUT2D eigenvalue weighted by Crippen LogP contribution is 2.32. The molecule has 0 spiro atoms. The molecule has 16 nitrogen and oxygen atoms in total. The molecule has 2 aromatic rings. The zero-order chi connectivity index (χ0) is 38.4. The molecule has 54 heavy (non-hydrogen) atoms. The first-order valence-corrected chi connectivity index (χ1v) is 18.2. The SMILES string of the molecule is O=C1CCC(N2C(=O)c3cccc(NC(=O)CCCCCOCCOCCOCCOCCOCCOCCOC(=O)c4ccccc4)c3C2=O)C(=O)N1. The van der Waals surface area contributed by atoms with Crippen LogP contribution in [0.25, 0.3) is 0 Å². The Labute approximate surface area is 314 Å². The van der Waals surface area contributed by atoms with Gasteiger partial charge in [-0.15, -0.1) is 0 Å². The lowest BCUT2D eigenvalue weighted by Crippen LogP contribution is -2.54. The average Bonchev–Trinajstić information content (AvgIpc) is 3.42. The smallest absolute Gasteiger partial charge is 0.338 e. The molecule has 5 amide bonds. The maximum absolute atomic E-state index is 13.2. The molecule has 2 aliphatic heterocycles. The van der Waals surface area contributed by atoms with Crippen molar-refractivity contribution in [2.75, 3.05) is 91.2 Å². The summed E-state index contributed by atoms with van der Waals surface area (Å²) in [7, 11) is 0. The Morgan fingerprint density at radius 2 is 1.22 bits per heavy atom. The summed E-state index contributed by atoms with van der Waals surface area (Å²) in [6, 6.07) is 12.3. The molecule has 2 aromatic carbocycles. The van der Waals surface area contributed by atoms with Gasteiger partial charge in [-0.1, -0.05) is 30.7 Å². The van der Waals surface area contributed by atoms with E-state index in [9.17, 15) is 28.8 Å². The third-order valence-electron chi connectivity index (χ3n) is 8.27. The second kappa shape index (κ2) is 24.0. The summed E-state index contributed by atoms with van der Waals surface area (Å²) >= 11 is 0. The average molecular weight is 756 g/mol. The Bertz CT molecular complexity index is 1540. The maximum atomic E-state index is 13.2. The first-order valence-electron chi connectivity index (χ1n) is 18.2. The molecule has 1 fully saturated rings. The van der Waals surface area contributed by atoms with Crippen LogP contribution in [-0.2, 0) is 47.5 Å². The second-order valence-electron chi connectivity index (χ2n) is 12.2. The van der Waals surface area contributed by atoms with Crippen LogP contribution >= 0.6 is 0 Å². The molecule has 294 valence electrons. The van der Waals surface area contributed by atoms with Gasteiger partial charge in [-0.3, -0.25) is 34.2 Å². The lowest BCUT2D eigenvalue weighted by atomic mass is 10.0. The number of imide groups is 2. The summed E-state index contributed by atoms with van der Waals surface area (Å²) in [5.74, 6) is -3.10. The minimum atomic E-state index is -1.08. The van der Waals surface area contributed by atoms with Crippen molar-refractivity contribution in [1.82, 2.24) is 10.2 Å². The van der Waals surface area contributed by atoms with Crippen molar-refractivity contribution in [3.05, 3.63) is 65.2 Å². The van der Waals surface area contributed by atoms with Crippen molar-refractivity contribution in [3.63, 3.8) is 0 Å². The Kier molecular flexibility index (Phi) is 18.7. The molecule has 0 aliphatic carbocycles. The Hall–Kier alpha value is -4.58. The number of hydrogen-bond acceptors (Lipinski definition) is 13. The summed E-state index contributed by atoms with van der Waals surface area (Å²) in [6.07, 6.45) is 2.43. The highest BCUT2D eigenvalue weighted by atomic mass is 16.6. The zero-order valence-electron chi connectivity index (χ0n) is 30.4. The fraction of sp³-hybridized carbons (Fsp3) is 0.526. The summed E-state index contributed by atoms with van der Waals surface area (Å²) < 4.78 is 38.0. The minimum Gasteiger partial charge on any atom is -0.460 e. The topological polar surface area (TPSA) is 194 Å². The van der Waals surface area contributed by atoms with Crippen LogP contribution in [0, 0.1) is 0 Å². The van der Waals surface area contributed by atoms with E-state index in [-0.39, 0.29) is 54.6 Å². The highest BCUT2D eigenvalue weighted by Gasteiger charge is 2.45. The van der Waals surface area contributed by atoms with Gasteiger partial charge in [0, 0.05) is 19.4 Å². The van der Waals surface area contributed by atoms with E-state index in [0.29, 0.717) is 91.3 Å². The van der Waals surface area contributed by atoms with Crippen LogP contribution in [0.15, 0.2) is 48.5 Å². The molecule has 1 unspecified atom stereocenters. The highest BCUT2D eigenvalue weighted by molar-refractivity contribution is 6.26. The molecule has 1 atom stereocenters. The van der Waals surface area contributed by atoms with E-state index in [1.165, 1.54) is 6.07 Å². The second-order valence-corrected chi connectivity index (χ2v) is 12.2. The predicted molar refractivity (Wildman–Crippen MR) is 192 cm³/mol. The van der Waals surface area contributed by atoms with Crippen LogP contribution in [0.3, 0.4) is 0 Å². The number of anilines is 1. The standard InChI is InChI=1S/C38H49N3O13/c42-32(39-30-11-7-10-29-34(30)37(46)41(36(29)45)31-13-14-33(43)40-35(31)44)12-5-2-6-15-48-16-17-49-18-19-50-20-21-51-22-23-52-24-25-53-26-27-54-38(47)28-8-3-1-4-9-28/h1,3-4,7-11,31H,2,5-6,12-27H2,(H,39,42)(H,40,43,44). The van der Waals surface area contributed by atoms with Crippen LogP contribution in [0.5, 0.6) is 0 Å². The van der Waals surface area contributed by atoms with Crippen molar-refractivity contribution in [3.8, 4) is 0 Å². The van der Waals surface area contributed by atoms with Crippen LogP contribution in [0.2, 0.25) is 0 Å². The molecule has 0 aromatic heterocycles. The lowest BCUT2D eigenvalue weighted by Gasteiger charge is -2.27. The van der Waals surface area contributed by atoms with Gasteiger partial charge in [-0.25, -0.2) is 4.79 Å². The number of unbranched alkanes of at least 4 members (excludes halogenated alkanes) is 2. The van der Waals surface area contributed by atoms with E-state index in [1.807, 2.05) is 6.07 Å². The molecule has 0 saturated carbocycles. The molecule has 0 bridgehead atoms. The maximum Gasteiger partial charge on any atom is 0.338 e. The number of amides is 5. The van der Waals surface area contributed by atoms with Gasteiger partial charge in [0.1, 0.15) is 12.6 Å². The van der Waals surface area contributed by atoms with Crippen molar-refractivity contribution in [2.24, 2.45) is 0 Å². The van der Waals surface area contributed by atoms with Crippen LogP contribution in [0.4, 0.5) is 5.69 Å². The van der Waals surface area contributed by atoms with E-state index < -0.39 is 29.7 Å². The summed E-state index contributed by atoms with van der Waals surface area (Å²) in [4.78, 5) is 75.3. The van der Waals surface area contributed by atoms with Gasteiger partial charge < -0.3 is 38.5 Å². The fourth-order valence-corrected chi connectivity index (χ4v) is 5.55. The van der Waals surface area contributed by atoms with Crippen molar-refractivity contribution in [1.29, 1.82) is 0 Å². The van der Waals surface area contributed by atoms with Crippen molar-refractivity contribution < 1.29 is 61.9 Å². The van der Waals surface area contributed by atoms with E-state index in [1.54, 1.807) is 36.4 Å². The third kappa shape index (κ3) is 14.0. The van der Waals surface area contributed by atoms with E-state index >= 15 is 0 Å². The molecule has 0 radical (unpaired) electrons. The number of nitrogens with one attached hydrogen (secondary N) is 2. The fourth-order valence-electron chi connectivity index (χ4n) is 5.55. The number of carbonyl (C=O) groups is 6. The molecule has 16 heteroatoms. The van der Waals surface area contributed by atoms with Gasteiger partial charge in [-0.2, -0.15) is 0 Å². The number of benzene rings is 2. The number of esters is 1. The van der Waals surface area contributed by atoms with Crippen molar-refractivity contribution >= 4 is 41.2 Å². The van der Waals surface area contributed by atoms with Crippen LogP contribution < -0.4 is 10.6 Å². The summed E-state index contributed by atoms with van der Waals surface area (Å²) in [5, 5.41) is 4.90. The summed E-state index contributed by atoms with van der Waals surface area (Å²) in [6.45, 7) is 5.33. The molecule has 2 N–H and O–H groups in total. The van der Waals surface area contributed by atoms with Gasteiger partial charge in [-0.05, 0) is 43.5 Å². The predicted octanol–water partition coefficient (Wildman–Crippen LogP) is 2.54. The van der Waals surface area contributed by atoms with Crippen LogP contribution in [0.1, 0.15) is 69.6 Å². The molecule has 2 aliphatic rings. The van der Waals surface area contributed by atoms with Gasteiger partial charge in [0.15, 0.2) is 0 Å². The van der Waals surface area contributed by atoms with Crippen molar-refractivity contribution in [2.45, 2.75) is 44.6 Å². The number of piperidine rings is 1. The van der Waals surface area contributed by atoms with E-state index in [0.717, 1.165) is 17.7 Å². The number of ether oxygens (including phenoxy) is 7. The molecule has 2 heterocycles. The molecule has 1 saturated heterocycles. The third-order valence-corrected chi connectivity index (χ3v) is 8.27. The van der Waals surface area contributed by atoms with Gasteiger partial charge in [0.2, 0.25) is 17.7 Å². The quantitative estimate of drug-likeness (QED) is 0.0768. The summed E-state index contributed by atoms with van der Waals surface area (Å²) in [5.41, 5.74) is 0.881. The van der Waals surface area contributed by atoms with Gasteiger partial charge in [0.25, 0.3) is 11.8 Å². The molecular weight excluding hydrogens is 706 g/mol. The first kappa shape index (κ1) is 42.2. The molecular formula is C38H49N3O13. The molecule has 4 rings (SSSR count). The Morgan fingerprint density at radius 1 is 0.648 bits per heavy atom. The monoisotopic (exact) mass is 755 g/mol. The van der Waals surface area contributed by atoms with E-state index in [4.69, 9.17) is 33.2 Å². The first-order chi connectivity index (χ1) is 26.4. The number of rotatable bonds is 27. The van der Waals surface area contributed by atoms with Crippen LogP contribution in [-0.4, -0.2) is 132 Å². The number of fused-ring (bicyclic) bond motifs is 1. The largest absolute Gasteiger partial charge is 0.460 e. The number of carbonyl (C=O) groups excluding carboxylic acids is 6.